The van der Waals surface area contributed by atoms with E-state index in [-0.39, 0.29) is 27.9 Å². The largest absolute Gasteiger partial charge is 0.444 e. The maximum atomic E-state index is 12.4. The summed E-state index contributed by atoms with van der Waals surface area (Å²) in [5.41, 5.74) is -0.748. The van der Waals surface area contributed by atoms with Crippen LogP contribution in [0.15, 0.2) is 0 Å². The Balaban J connectivity index is 1.93. The second-order valence-corrected chi connectivity index (χ2v) is 9.38. The first-order valence-electron chi connectivity index (χ1n) is 8.46. The summed E-state index contributed by atoms with van der Waals surface area (Å²) >= 11 is 1.26. The molecule has 1 atom stereocenters. The highest BCUT2D eigenvalue weighted by atomic mass is 32.2. The van der Waals surface area contributed by atoms with Crippen molar-refractivity contribution < 1.29 is 19.1 Å². The van der Waals surface area contributed by atoms with Crippen LogP contribution in [-0.2, 0) is 14.3 Å². The molecule has 24 heavy (non-hydrogen) atoms. The first-order chi connectivity index (χ1) is 11.0. The summed E-state index contributed by atoms with van der Waals surface area (Å²) in [6, 6.07) is 0. The average Bonchev–Trinajstić information content (AvgIpc) is 2.78. The maximum Gasteiger partial charge on any atom is 0.410 e. The van der Waals surface area contributed by atoms with Gasteiger partial charge in [-0.15, -0.1) is 0 Å². The monoisotopic (exact) mass is 356 g/mol. The second-order valence-electron chi connectivity index (χ2n) is 7.90. The summed E-state index contributed by atoms with van der Waals surface area (Å²) in [5.74, 6) is 0.113. The van der Waals surface area contributed by atoms with Crippen LogP contribution in [0, 0.1) is 0 Å². The molecule has 0 aromatic carbocycles. The molecule has 7 heteroatoms. The highest BCUT2D eigenvalue weighted by molar-refractivity contribution is 8.14. The Morgan fingerprint density at radius 3 is 2.33 bits per heavy atom. The molecule has 0 aromatic rings. The minimum atomic E-state index is -0.500. The third kappa shape index (κ3) is 4.65. The predicted octanol–water partition coefficient (Wildman–Crippen LogP) is 2.66. The van der Waals surface area contributed by atoms with Crippen molar-refractivity contribution in [2.24, 2.45) is 0 Å². The molecule has 2 saturated heterocycles. The van der Waals surface area contributed by atoms with Crippen molar-refractivity contribution in [3.05, 3.63) is 0 Å². The van der Waals surface area contributed by atoms with Crippen LogP contribution in [0.4, 0.5) is 4.79 Å². The van der Waals surface area contributed by atoms with Crippen LogP contribution in [0.2, 0.25) is 0 Å². The van der Waals surface area contributed by atoms with Crippen LogP contribution in [0.5, 0.6) is 0 Å². The number of amides is 2. The van der Waals surface area contributed by atoms with E-state index in [0.717, 1.165) is 12.8 Å². The Morgan fingerprint density at radius 1 is 1.25 bits per heavy atom. The first-order valence-corrected chi connectivity index (χ1v) is 9.34. The summed E-state index contributed by atoms with van der Waals surface area (Å²) in [4.78, 5) is 39.4. The molecule has 1 unspecified atom stereocenters. The van der Waals surface area contributed by atoms with E-state index in [2.05, 4.69) is 6.92 Å². The Kier molecular flexibility index (Phi) is 5.52. The van der Waals surface area contributed by atoms with Gasteiger partial charge in [0.15, 0.2) is 5.12 Å². The van der Waals surface area contributed by atoms with Crippen LogP contribution in [0.25, 0.3) is 0 Å². The first kappa shape index (κ1) is 19.1. The normalized spacial score (nSPS) is 24.2. The van der Waals surface area contributed by atoms with Gasteiger partial charge in [-0.1, -0.05) is 11.8 Å². The van der Waals surface area contributed by atoms with Crippen molar-refractivity contribution in [1.82, 2.24) is 9.80 Å². The number of rotatable bonds is 2. The van der Waals surface area contributed by atoms with Crippen molar-refractivity contribution in [3.63, 3.8) is 0 Å². The molecule has 2 fully saturated rings. The van der Waals surface area contributed by atoms with Gasteiger partial charge in [-0.05, 0) is 40.5 Å². The molecule has 0 aromatic heterocycles. The van der Waals surface area contributed by atoms with E-state index in [1.807, 2.05) is 25.7 Å². The Bertz CT molecular complexity index is 521. The second kappa shape index (κ2) is 6.94. The quantitative estimate of drug-likeness (QED) is 0.761. The Morgan fingerprint density at radius 2 is 1.83 bits per heavy atom. The Labute approximate surface area is 148 Å². The zero-order valence-corrected chi connectivity index (χ0v) is 16.1. The maximum absolute atomic E-state index is 12.4. The van der Waals surface area contributed by atoms with Crippen LogP contribution >= 0.6 is 11.8 Å². The third-order valence-electron chi connectivity index (χ3n) is 4.57. The van der Waals surface area contributed by atoms with E-state index in [1.165, 1.54) is 11.8 Å². The van der Waals surface area contributed by atoms with Crippen molar-refractivity contribution in [2.45, 2.75) is 70.3 Å². The van der Waals surface area contributed by atoms with Gasteiger partial charge in [0.05, 0.1) is 0 Å². The lowest BCUT2D eigenvalue weighted by Crippen LogP contribution is -2.55. The molecule has 0 N–H and O–H groups in total. The standard InChI is InChI=1S/C17H28N2O4S/c1-12(20)24-13-10-14(21)19(11-13)17(5)6-8-18(9-7-17)15(22)23-16(2,3)4/h13H,6-11H2,1-5H3. The summed E-state index contributed by atoms with van der Waals surface area (Å²) in [7, 11) is 0. The van der Waals surface area contributed by atoms with Crippen molar-refractivity contribution >= 4 is 28.9 Å². The lowest BCUT2D eigenvalue weighted by molar-refractivity contribution is -0.134. The lowest BCUT2D eigenvalue weighted by Gasteiger charge is -2.45. The fourth-order valence-corrected chi connectivity index (χ4v) is 4.20. The molecule has 0 saturated carbocycles. The fourth-order valence-electron chi connectivity index (χ4n) is 3.28. The molecule has 2 aliphatic heterocycles. The van der Waals surface area contributed by atoms with Crippen LogP contribution in [-0.4, -0.2) is 62.9 Å². The highest BCUT2D eigenvalue weighted by Gasteiger charge is 2.44. The molecular formula is C17H28N2O4S. The minimum absolute atomic E-state index is 0.0516. The number of hydrogen-bond acceptors (Lipinski definition) is 5. The number of hydrogen-bond donors (Lipinski definition) is 0. The molecule has 136 valence electrons. The van der Waals surface area contributed by atoms with E-state index in [0.29, 0.717) is 26.1 Å². The van der Waals surface area contributed by atoms with Crippen molar-refractivity contribution in [3.8, 4) is 0 Å². The molecule has 2 rings (SSSR count). The molecule has 2 heterocycles. The fraction of sp³-hybridized carbons (Fsp3) is 0.824. The SMILES string of the molecule is CC(=O)SC1CC(=O)N(C2(C)CCN(C(=O)OC(C)(C)C)CC2)C1. The van der Waals surface area contributed by atoms with Crippen molar-refractivity contribution in [2.75, 3.05) is 19.6 Å². The van der Waals surface area contributed by atoms with Gasteiger partial charge in [-0.3, -0.25) is 9.59 Å². The number of piperidine rings is 1. The van der Waals surface area contributed by atoms with E-state index >= 15 is 0 Å². The van der Waals surface area contributed by atoms with Crippen LogP contribution < -0.4 is 0 Å². The number of carbonyl (C=O) groups is 3. The number of likely N-dealkylation sites (tertiary alicyclic amines) is 2. The highest BCUT2D eigenvalue weighted by Crippen LogP contribution is 2.35. The van der Waals surface area contributed by atoms with Gasteiger partial charge >= 0.3 is 6.09 Å². The van der Waals surface area contributed by atoms with Gasteiger partial charge in [0.25, 0.3) is 0 Å². The summed E-state index contributed by atoms with van der Waals surface area (Å²) in [5, 5.41) is 0.107. The van der Waals surface area contributed by atoms with Crippen molar-refractivity contribution in [1.29, 1.82) is 0 Å². The zero-order chi connectivity index (χ0) is 18.1. The molecule has 0 spiro atoms. The topological polar surface area (TPSA) is 66.9 Å². The molecular weight excluding hydrogens is 328 g/mol. The van der Waals surface area contributed by atoms with Gasteiger partial charge in [0.1, 0.15) is 5.60 Å². The average molecular weight is 356 g/mol. The zero-order valence-electron chi connectivity index (χ0n) is 15.3. The molecule has 2 aliphatic rings. The molecule has 0 radical (unpaired) electrons. The van der Waals surface area contributed by atoms with E-state index in [9.17, 15) is 14.4 Å². The van der Waals surface area contributed by atoms with E-state index in [1.54, 1.807) is 11.8 Å². The summed E-state index contributed by atoms with van der Waals surface area (Å²) in [6.07, 6.45) is 1.60. The predicted molar refractivity (Wildman–Crippen MR) is 93.8 cm³/mol. The molecule has 0 bridgehead atoms. The van der Waals surface area contributed by atoms with Gasteiger partial charge in [0.2, 0.25) is 5.91 Å². The number of ether oxygens (including phenoxy) is 1. The third-order valence-corrected chi connectivity index (χ3v) is 5.55. The smallest absolute Gasteiger partial charge is 0.410 e. The molecule has 6 nitrogen and oxygen atoms in total. The Hall–Kier alpha value is -1.24. The molecule has 0 aliphatic carbocycles. The van der Waals surface area contributed by atoms with E-state index in [4.69, 9.17) is 4.74 Å². The number of carbonyl (C=O) groups excluding carboxylic acids is 3. The van der Waals surface area contributed by atoms with Gasteiger partial charge in [0, 0.05) is 43.8 Å². The molecule has 2 amide bonds. The van der Waals surface area contributed by atoms with Gasteiger partial charge in [-0.2, -0.15) is 0 Å². The lowest BCUT2D eigenvalue weighted by atomic mass is 9.88. The summed E-state index contributed by atoms with van der Waals surface area (Å²) in [6.45, 7) is 11.0. The summed E-state index contributed by atoms with van der Waals surface area (Å²) < 4.78 is 5.42. The number of thioether (sulfide) groups is 1. The minimum Gasteiger partial charge on any atom is -0.444 e. The van der Waals surface area contributed by atoms with Gasteiger partial charge < -0.3 is 14.5 Å². The van der Waals surface area contributed by atoms with E-state index < -0.39 is 5.60 Å². The van der Waals surface area contributed by atoms with Gasteiger partial charge in [-0.25, -0.2) is 4.79 Å². The van der Waals surface area contributed by atoms with Crippen LogP contribution in [0.3, 0.4) is 0 Å². The van der Waals surface area contributed by atoms with Crippen LogP contribution in [0.1, 0.15) is 53.9 Å². The number of nitrogens with zero attached hydrogens (tertiary/aromatic N) is 2.